The van der Waals surface area contributed by atoms with Gasteiger partial charge in [-0.2, -0.15) is 0 Å². The molecule has 0 spiro atoms. The van der Waals surface area contributed by atoms with E-state index in [1.165, 1.54) is 0 Å². The van der Waals surface area contributed by atoms with Gasteiger partial charge in [0.2, 0.25) is 0 Å². The van der Waals surface area contributed by atoms with Crippen LogP contribution in [0.2, 0.25) is 0 Å². The van der Waals surface area contributed by atoms with Crippen molar-refractivity contribution in [2.45, 2.75) is 38.7 Å². The molecular formula is C19H23N3O4. The highest BCUT2D eigenvalue weighted by molar-refractivity contribution is 5.94. The van der Waals surface area contributed by atoms with Crippen molar-refractivity contribution in [2.75, 3.05) is 20.2 Å². The lowest BCUT2D eigenvalue weighted by Gasteiger charge is -2.16. The maximum Gasteiger partial charge on any atom is 0.261 e. The Kier molecular flexibility index (Phi) is 4.40. The molecule has 2 aliphatic rings. The summed E-state index contributed by atoms with van der Waals surface area (Å²) in [5, 5.41) is 3.91. The highest BCUT2D eigenvalue weighted by atomic mass is 16.5. The van der Waals surface area contributed by atoms with Crippen molar-refractivity contribution in [2.24, 2.45) is 5.92 Å². The molecule has 26 heavy (non-hydrogen) atoms. The number of fused-ring (bicyclic) bond motifs is 1. The summed E-state index contributed by atoms with van der Waals surface area (Å²) in [5.74, 6) is 0.684. The zero-order chi connectivity index (χ0) is 18.3. The minimum atomic E-state index is -0.293. The van der Waals surface area contributed by atoms with E-state index in [9.17, 15) is 9.59 Å². The second-order valence-corrected chi connectivity index (χ2v) is 7.25. The predicted octanol–water partition coefficient (Wildman–Crippen LogP) is 1.49. The first kappa shape index (κ1) is 17.0. The lowest BCUT2D eigenvalue weighted by molar-refractivity contribution is 0.0671. The Bertz CT molecular complexity index is 885. The largest absolute Gasteiger partial charge is 0.379 e. The van der Waals surface area contributed by atoms with Crippen LogP contribution in [0.1, 0.15) is 39.5 Å². The summed E-state index contributed by atoms with van der Waals surface area (Å²) in [6.07, 6.45) is 3.40. The smallest absolute Gasteiger partial charge is 0.261 e. The van der Waals surface area contributed by atoms with E-state index < -0.39 is 0 Å². The first-order valence-corrected chi connectivity index (χ1v) is 9.04. The van der Waals surface area contributed by atoms with Crippen LogP contribution >= 0.6 is 0 Å². The number of carbonyl (C=O) groups is 1. The van der Waals surface area contributed by atoms with Crippen molar-refractivity contribution in [3.05, 3.63) is 50.8 Å². The summed E-state index contributed by atoms with van der Waals surface area (Å²) in [5.41, 5.74) is 2.84. The number of amides is 1. The lowest BCUT2D eigenvalue weighted by atomic mass is 10.0. The normalized spacial score (nSPS) is 22.0. The number of aromatic amines is 1. The van der Waals surface area contributed by atoms with Crippen molar-refractivity contribution < 1.29 is 14.1 Å². The van der Waals surface area contributed by atoms with Gasteiger partial charge in [-0.1, -0.05) is 5.16 Å². The summed E-state index contributed by atoms with van der Waals surface area (Å²) in [6, 6.07) is 3.68. The third-order valence-corrected chi connectivity index (χ3v) is 5.43. The third kappa shape index (κ3) is 3.07. The van der Waals surface area contributed by atoms with E-state index in [1.54, 1.807) is 18.1 Å². The van der Waals surface area contributed by atoms with Crippen LogP contribution in [0.5, 0.6) is 0 Å². The van der Waals surface area contributed by atoms with E-state index in [1.807, 2.05) is 13.0 Å². The average molecular weight is 357 g/mol. The lowest BCUT2D eigenvalue weighted by Crippen LogP contribution is -2.34. The molecule has 0 aromatic carbocycles. The van der Waals surface area contributed by atoms with Crippen molar-refractivity contribution in [3.63, 3.8) is 0 Å². The molecule has 1 fully saturated rings. The van der Waals surface area contributed by atoms with Gasteiger partial charge in [0, 0.05) is 44.3 Å². The second kappa shape index (κ2) is 6.72. The minimum Gasteiger partial charge on any atom is -0.379 e. The molecule has 2 aromatic rings. The van der Waals surface area contributed by atoms with Gasteiger partial charge < -0.3 is 19.1 Å². The molecule has 0 saturated carbocycles. The predicted molar refractivity (Wildman–Crippen MR) is 94.2 cm³/mol. The number of hydrogen-bond donors (Lipinski definition) is 1. The fourth-order valence-electron chi connectivity index (χ4n) is 4.08. The van der Waals surface area contributed by atoms with E-state index in [0.717, 1.165) is 42.0 Å². The van der Waals surface area contributed by atoms with Crippen molar-refractivity contribution in [3.8, 4) is 0 Å². The van der Waals surface area contributed by atoms with Crippen LogP contribution in [0.4, 0.5) is 0 Å². The van der Waals surface area contributed by atoms with Crippen LogP contribution in [0.15, 0.2) is 21.5 Å². The van der Waals surface area contributed by atoms with Crippen molar-refractivity contribution >= 4 is 5.91 Å². The Hall–Kier alpha value is -2.41. The molecule has 7 heteroatoms. The van der Waals surface area contributed by atoms with Crippen LogP contribution in [-0.4, -0.2) is 47.3 Å². The molecule has 1 N–H and O–H groups in total. The maximum atomic E-state index is 12.9. The molecule has 4 rings (SSSR count). The summed E-state index contributed by atoms with van der Waals surface area (Å²) < 4.78 is 10.9. The van der Waals surface area contributed by atoms with Crippen LogP contribution in [-0.2, 0) is 24.0 Å². The van der Waals surface area contributed by atoms with Gasteiger partial charge in [-0.15, -0.1) is 0 Å². The highest BCUT2D eigenvalue weighted by Gasteiger charge is 2.37. The Labute approximate surface area is 151 Å². The molecule has 2 aromatic heterocycles. The number of hydrogen-bond acceptors (Lipinski definition) is 5. The van der Waals surface area contributed by atoms with Gasteiger partial charge in [-0.05, 0) is 37.8 Å². The Morgan fingerprint density at radius 1 is 1.38 bits per heavy atom. The highest BCUT2D eigenvalue weighted by Crippen LogP contribution is 2.26. The molecule has 1 saturated heterocycles. The van der Waals surface area contributed by atoms with Gasteiger partial charge >= 0.3 is 0 Å². The summed E-state index contributed by atoms with van der Waals surface area (Å²) >= 11 is 0. The molecule has 2 atom stereocenters. The summed E-state index contributed by atoms with van der Waals surface area (Å²) in [7, 11) is 1.65. The van der Waals surface area contributed by atoms with Crippen molar-refractivity contribution in [1.82, 2.24) is 15.0 Å². The number of ether oxygens (including phenoxy) is 1. The van der Waals surface area contributed by atoms with Crippen LogP contribution < -0.4 is 5.56 Å². The number of pyridine rings is 1. The van der Waals surface area contributed by atoms with Gasteiger partial charge in [0.25, 0.3) is 11.5 Å². The van der Waals surface area contributed by atoms with Gasteiger partial charge in [0.1, 0.15) is 11.3 Å². The number of methoxy groups -OCH3 is 1. The standard InChI is InChI=1S/C19H23N3O4/c1-11-6-14(26-21-11)7-13-9-22(10-17(13)25-2)19(24)15-8-12-4-3-5-16(12)20-18(15)23/h6,8,13,17H,3-5,7,9-10H2,1-2H3,(H,20,23)/t13-,17+/m1/s1. The SMILES string of the molecule is CO[C@H]1CN(C(=O)c2cc3c([nH]c2=O)CCC3)C[C@H]1Cc1cc(C)no1. The molecule has 0 unspecified atom stereocenters. The quantitative estimate of drug-likeness (QED) is 0.896. The minimum absolute atomic E-state index is 0.0853. The Balaban J connectivity index is 1.53. The van der Waals surface area contributed by atoms with Crippen molar-refractivity contribution in [1.29, 1.82) is 0 Å². The van der Waals surface area contributed by atoms with Gasteiger partial charge in [-0.3, -0.25) is 9.59 Å². The monoisotopic (exact) mass is 357 g/mol. The number of aromatic nitrogens is 2. The molecule has 1 aliphatic heterocycles. The first-order chi connectivity index (χ1) is 12.5. The van der Waals surface area contributed by atoms with Crippen LogP contribution in [0, 0.1) is 12.8 Å². The molecular weight excluding hydrogens is 334 g/mol. The number of nitrogens with one attached hydrogen (secondary N) is 1. The molecule has 3 heterocycles. The van der Waals surface area contributed by atoms with Crippen LogP contribution in [0.3, 0.4) is 0 Å². The number of nitrogens with zero attached hydrogens (tertiary/aromatic N) is 2. The van der Waals surface area contributed by atoms with E-state index in [4.69, 9.17) is 9.26 Å². The number of H-pyrrole nitrogens is 1. The molecule has 1 aliphatic carbocycles. The second-order valence-electron chi connectivity index (χ2n) is 7.25. The molecule has 138 valence electrons. The fourth-order valence-corrected chi connectivity index (χ4v) is 4.08. The average Bonchev–Trinajstić information content (AvgIpc) is 3.33. The van der Waals surface area contributed by atoms with Gasteiger partial charge in [0.05, 0.1) is 11.8 Å². The maximum absolute atomic E-state index is 12.9. The number of rotatable bonds is 4. The topological polar surface area (TPSA) is 88.4 Å². The Morgan fingerprint density at radius 2 is 2.23 bits per heavy atom. The summed E-state index contributed by atoms with van der Waals surface area (Å²) in [4.78, 5) is 29.9. The van der Waals surface area contributed by atoms with Gasteiger partial charge in [0.15, 0.2) is 0 Å². The third-order valence-electron chi connectivity index (χ3n) is 5.43. The summed E-state index contributed by atoms with van der Waals surface area (Å²) in [6.45, 7) is 2.89. The van der Waals surface area contributed by atoms with Crippen LogP contribution in [0.25, 0.3) is 0 Å². The fraction of sp³-hybridized carbons (Fsp3) is 0.526. The number of aryl methyl sites for hydroxylation is 3. The Morgan fingerprint density at radius 3 is 2.96 bits per heavy atom. The van der Waals surface area contributed by atoms with E-state index >= 15 is 0 Å². The van der Waals surface area contributed by atoms with E-state index in [0.29, 0.717) is 19.5 Å². The number of likely N-dealkylation sites (tertiary alicyclic amines) is 1. The molecule has 0 radical (unpaired) electrons. The first-order valence-electron chi connectivity index (χ1n) is 9.04. The molecule has 1 amide bonds. The zero-order valence-corrected chi connectivity index (χ0v) is 15.1. The van der Waals surface area contributed by atoms with E-state index in [2.05, 4.69) is 10.1 Å². The molecule has 7 nitrogen and oxygen atoms in total. The number of carbonyl (C=O) groups excluding carboxylic acids is 1. The molecule has 0 bridgehead atoms. The zero-order valence-electron chi connectivity index (χ0n) is 15.1. The van der Waals surface area contributed by atoms with E-state index in [-0.39, 0.29) is 29.1 Å². The van der Waals surface area contributed by atoms with Gasteiger partial charge in [-0.25, -0.2) is 0 Å².